The minimum Gasteiger partial charge on any atom is -0.478 e. The van der Waals surface area contributed by atoms with Crippen LogP contribution in [-0.2, 0) is 6.42 Å². The lowest BCUT2D eigenvalue weighted by Crippen LogP contribution is -2.13. The van der Waals surface area contributed by atoms with Crippen LogP contribution in [0, 0.1) is 3.57 Å². The van der Waals surface area contributed by atoms with Crippen molar-refractivity contribution in [2.75, 3.05) is 0 Å². The van der Waals surface area contributed by atoms with Crippen molar-refractivity contribution in [2.45, 2.75) is 18.9 Å². The van der Waals surface area contributed by atoms with Crippen molar-refractivity contribution in [3.63, 3.8) is 0 Å². The van der Waals surface area contributed by atoms with Gasteiger partial charge in [-0.2, -0.15) is 0 Å². The van der Waals surface area contributed by atoms with Gasteiger partial charge in [0.05, 0.1) is 5.56 Å². The van der Waals surface area contributed by atoms with Gasteiger partial charge in [-0.15, -0.1) is 0 Å². The summed E-state index contributed by atoms with van der Waals surface area (Å²) in [6, 6.07) is 3.72. The Balaban J connectivity index is 2.68. The summed E-state index contributed by atoms with van der Waals surface area (Å²) in [4.78, 5) is 11.1. The molecule has 4 heteroatoms. The van der Waals surface area contributed by atoms with Crippen LogP contribution in [0.1, 0.15) is 33.9 Å². The van der Waals surface area contributed by atoms with E-state index in [0.717, 1.165) is 27.5 Å². The first-order valence-electron chi connectivity index (χ1n) is 4.41. The summed E-state index contributed by atoms with van der Waals surface area (Å²) in [5.74, 6) is -0.872. The molecule has 1 atom stereocenters. The highest BCUT2D eigenvalue weighted by atomic mass is 127. The van der Waals surface area contributed by atoms with Crippen molar-refractivity contribution >= 4 is 28.6 Å². The number of carboxylic acids is 1. The van der Waals surface area contributed by atoms with Crippen molar-refractivity contribution in [1.29, 1.82) is 0 Å². The summed E-state index contributed by atoms with van der Waals surface area (Å²) in [5.41, 5.74) is 8.21. The largest absolute Gasteiger partial charge is 0.478 e. The molecule has 1 aliphatic rings. The Morgan fingerprint density at radius 3 is 2.93 bits per heavy atom. The highest BCUT2D eigenvalue weighted by molar-refractivity contribution is 14.1. The number of hydrogen-bond acceptors (Lipinski definition) is 2. The van der Waals surface area contributed by atoms with Crippen molar-refractivity contribution < 1.29 is 9.90 Å². The second-order valence-corrected chi connectivity index (χ2v) is 4.61. The molecule has 3 N–H and O–H groups in total. The molecular formula is C10H10INO2. The lowest BCUT2D eigenvalue weighted by atomic mass is 10.0. The molecule has 0 radical (unpaired) electrons. The van der Waals surface area contributed by atoms with Gasteiger partial charge >= 0.3 is 5.97 Å². The van der Waals surface area contributed by atoms with Crippen LogP contribution in [0.4, 0.5) is 0 Å². The summed E-state index contributed by atoms with van der Waals surface area (Å²) < 4.78 is 0.770. The summed E-state index contributed by atoms with van der Waals surface area (Å²) in [5, 5.41) is 9.09. The Bertz CT molecular complexity index is 403. The van der Waals surface area contributed by atoms with E-state index in [1.807, 2.05) is 34.7 Å². The molecule has 3 nitrogen and oxygen atoms in total. The SMILES string of the molecule is NC1CCc2ccc(I)c(C(=O)O)c21. The summed E-state index contributed by atoms with van der Waals surface area (Å²) in [7, 11) is 0. The average Bonchev–Trinajstić information content (AvgIpc) is 2.47. The Kier molecular flexibility index (Phi) is 2.48. The van der Waals surface area contributed by atoms with E-state index in [1.165, 1.54) is 0 Å². The Hall–Kier alpha value is -0.620. The fraction of sp³-hybridized carbons (Fsp3) is 0.300. The van der Waals surface area contributed by atoms with Gasteiger partial charge in [0.15, 0.2) is 0 Å². The molecule has 0 aromatic heterocycles. The lowest BCUT2D eigenvalue weighted by molar-refractivity contribution is 0.0694. The van der Waals surface area contributed by atoms with E-state index >= 15 is 0 Å². The van der Waals surface area contributed by atoms with E-state index in [2.05, 4.69) is 0 Å². The van der Waals surface area contributed by atoms with Crippen LogP contribution in [0.2, 0.25) is 0 Å². The molecule has 1 unspecified atom stereocenters. The van der Waals surface area contributed by atoms with E-state index in [0.29, 0.717) is 5.56 Å². The van der Waals surface area contributed by atoms with E-state index in [4.69, 9.17) is 10.8 Å². The van der Waals surface area contributed by atoms with Gasteiger partial charge in [-0.05, 0) is 52.6 Å². The van der Waals surface area contributed by atoms with E-state index in [-0.39, 0.29) is 6.04 Å². The standard InChI is InChI=1S/C10H10INO2/c11-6-3-1-5-2-4-7(12)8(5)9(6)10(13)14/h1,3,7H,2,4,12H2,(H,13,14). The molecule has 0 amide bonds. The quantitative estimate of drug-likeness (QED) is 0.779. The number of rotatable bonds is 1. The molecule has 0 bridgehead atoms. The van der Waals surface area contributed by atoms with Crippen LogP contribution < -0.4 is 5.73 Å². The lowest BCUT2D eigenvalue weighted by Gasteiger charge is -2.10. The average molecular weight is 303 g/mol. The van der Waals surface area contributed by atoms with Crippen LogP contribution in [-0.4, -0.2) is 11.1 Å². The number of aryl methyl sites for hydroxylation is 1. The van der Waals surface area contributed by atoms with Crippen LogP contribution >= 0.6 is 22.6 Å². The summed E-state index contributed by atoms with van der Waals surface area (Å²) >= 11 is 2.04. The number of carbonyl (C=O) groups is 1. The second kappa shape index (κ2) is 3.51. The molecule has 2 rings (SSSR count). The second-order valence-electron chi connectivity index (χ2n) is 3.45. The van der Waals surface area contributed by atoms with E-state index < -0.39 is 5.97 Å². The number of aromatic carboxylic acids is 1. The number of fused-ring (bicyclic) bond motifs is 1. The molecule has 0 spiro atoms. The molecular weight excluding hydrogens is 293 g/mol. The van der Waals surface area contributed by atoms with Gasteiger partial charge in [-0.25, -0.2) is 4.79 Å². The third-order valence-corrected chi connectivity index (χ3v) is 3.49. The summed E-state index contributed by atoms with van der Waals surface area (Å²) in [6.07, 6.45) is 1.75. The molecule has 0 aliphatic heterocycles. The summed E-state index contributed by atoms with van der Waals surface area (Å²) in [6.45, 7) is 0. The van der Waals surface area contributed by atoms with Crippen molar-refractivity contribution in [2.24, 2.45) is 5.73 Å². The first-order chi connectivity index (χ1) is 6.61. The number of hydrogen-bond donors (Lipinski definition) is 2. The van der Waals surface area contributed by atoms with Crippen LogP contribution in [0.25, 0.3) is 0 Å². The molecule has 14 heavy (non-hydrogen) atoms. The minimum absolute atomic E-state index is 0.106. The first-order valence-corrected chi connectivity index (χ1v) is 5.49. The molecule has 1 aliphatic carbocycles. The molecule has 0 fully saturated rings. The van der Waals surface area contributed by atoms with Gasteiger partial charge in [0.2, 0.25) is 0 Å². The zero-order valence-corrected chi connectivity index (χ0v) is 9.61. The first kappa shape index (κ1) is 9.92. The predicted molar refractivity (Wildman–Crippen MR) is 61.4 cm³/mol. The van der Waals surface area contributed by atoms with E-state index in [1.54, 1.807) is 0 Å². The smallest absolute Gasteiger partial charge is 0.337 e. The van der Waals surface area contributed by atoms with Crippen LogP contribution in [0.5, 0.6) is 0 Å². The predicted octanol–water partition coefficient (Wildman–Crippen LogP) is 1.94. The number of halogens is 1. The number of nitrogens with two attached hydrogens (primary N) is 1. The van der Waals surface area contributed by atoms with Gasteiger partial charge in [-0.3, -0.25) is 0 Å². The number of carboxylic acid groups (broad SMARTS) is 1. The molecule has 74 valence electrons. The third kappa shape index (κ3) is 1.42. The van der Waals surface area contributed by atoms with Crippen LogP contribution in [0.15, 0.2) is 12.1 Å². The topological polar surface area (TPSA) is 63.3 Å². The van der Waals surface area contributed by atoms with Gasteiger partial charge in [0.1, 0.15) is 0 Å². The normalized spacial score (nSPS) is 19.4. The molecule has 1 aromatic rings. The fourth-order valence-corrected chi connectivity index (χ4v) is 2.65. The maximum atomic E-state index is 11.1. The van der Waals surface area contributed by atoms with Crippen molar-refractivity contribution in [3.05, 3.63) is 32.4 Å². The Morgan fingerprint density at radius 1 is 1.57 bits per heavy atom. The van der Waals surface area contributed by atoms with Crippen molar-refractivity contribution in [3.8, 4) is 0 Å². The minimum atomic E-state index is -0.872. The Morgan fingerprint density at radius 2 is 2.29 bits per heavy atom. The molecule has 0 heterocycles. The monoisotopic (exact) mass is 303 g/mol. The maximum Gasteiger partial charge on any atom is 0.337 e. The fourth-order valence-electron chi connectivity index (χ4n) is 1.95. The highest BCUT2D eigenvalue weighted by Gasteiger charge is 2.26. The van der Waals surface area contributed by atoms with Gasteiger partial charge in [0.25, 0.3) is 0 Å². The highest BCUT2D eigenvalue weighted by Crippen LogP contribution is 2.34. The van der Waals surface area contributed by atoms with Crippen LogP contribution in [0.3, 0.4) is 0 Å². The zero-order valence-electron chi connectivity index (χ0n) is 7.46. The van der Waals surface area contributed by atoms with E-state index in [9.17, 15) is 4.79 Å². The third-order valence-electron chi connectivity index (χ3n) is 2.59. The van der Waals surface area contributed by atoms with Crippen molar-refractivity contribution in [1.82, 2.24) is 0 Å². The molecule has 0 saturated carbocycles. The Labute approximate surface area is 95.4 Å². The zero-order chi connectivity index (χ0) is 10.3. The maximum absolute atomic E-state index is 11.1. The van der Waals surface area contributed by atoms with Gasteiger partial charge < -0.3 is 10.8 Å². The van der Waals surface area contributed by atoms with Gasteiger partial charge in [-0.1, -0.05) is 6.07 Å². The van der Waals surface area contributed by atoms with Gasteiger partial charge in [0, 0.05) is 9.61 Å². The molecule has 0 saturated heterocycles. The molecule has 1 aromatic carbocycles. The number of benzene rings is 1.